The molecule has 0 aromatic carbocycles. The fraction of sp³-hybridized carbons (Fsp3) is 0.867. The molecule has 1 aliphatic carbocycles. The van der Waals surface area contributed by atoms with Crippen molar-refractivity contribution in [1.82, 2.24) is 0 Å². The normalized spacial score (nSPS) is 53.4. The molecule has 1 spiro atoms. The Kier molecular flexibility index (Phi) is 2.08. The highest BCUT2D eigenvalue weighted by Gasteiger charge is 2.71. The highest BCUT2D eigenvalue weighted by molar-refractivity contribution is 5.32. The van der Waals surface area contributed by atoms with Crippen LogP contribution in [0.2, 0.25) is 0 Å². The van der Waals surface area contributed by atoms with Crippen molar-refractivity contribution in [3.8, 4) is 0 Å². The van der Waals surface area contributed by atoms with Crippen molar-refractivity contribution >= 4 is 0 Å². The molecule has 4 aliphatic rings. The van der Waals surface area contributed by atoms with E-state index < -0.39 is 5.79 Å². The summed E-state index contributed by atoms with van der Waals surface area (Å²) < 4.78 is 18.2. The van der Waals surface area contributed by atoms with Gasteiger partial charge in [0.05, 0.1) is 24.5 Å². The van der Waals surface area contributed by atoms with E-state index in [4.69, 9.17) is 14.2 Å². The maximum absolute atomic E-state index is 6.33. The van der Waals surface area contributed by atoms with E-state index >= 15 is 0 Å². The van der Waals surface area contributed by atoms with Gasteiger partial charge in [-0.3, -0.25) is 0 Å². The lowest BCUT2D eigenvalue weighted by atomic mass is 9.64. The minimum atomic E-state index is -0.397. The molecule has 0 aromatic rings. The van der Waals surface area contributed by atoms with Crippen molar-refractivity contribution in [1.29, 1.82) is 0 Å². The molecule has 0 aromatic heterocycles. The van der Waals surface area contributed by atoms with Gasteiger partial charge in [-0.15, -0.1) is 0 Å². The standard InChI is InChI=1S/C15H22O3/c1-4-10-9(2)5-6-15-8-17-14(3)12(15)11(7-16-14)18-13(10)15/h9,11-12H,4-8H2,1-3H3/t9-,11+,12+,14+,15-/m0/s1. The third-order valence-corrected chi connectivity index (χ3v) is 5.69. The van der Waals surface area contributed by atoms with E-state index in [1.165, 1.54) is 24.2 Å². The van der Waals surface area contributed by atoms with E-state index in [-0.39, 0.29) is 11.5 Å². The van der Waals surface area contributed by atoms with Gasteiger partial charge in [-0.2, -0.15) is 0 Å². The lowest BCUT2D eigenvalue weighted by molar-refractivity contribution is -0.181. The van der Waals surface area contributed by atoms with Crippen molar-refractivity contribution in [2.45, 2.75) is 51.9 Å². The predicted molar refractivity (Wildman–Crippen MR) is 66.8 cm³/mol. The van der Waals surface area contributed by atoms with E-state index in [2.05, 4.69) is 20.8 Å². The highest BCUT2D eigenvalue weighted by Crippen LogP contribution is 2.65. The van der Waals surface area contributed by atoms with Gasteiger partial charge in [0.1, 0.15) is 11.9 Å². The van der Waals surface area contributed by atoms with E-state index in [9.17, 15) is 0 Å². The lowest BCUT2D eigenvalue weighted by Crippen LogP contribution is -2.38. The second-order valence-electron chi connectivity index (χ2n) is 6.55. The third kappa shape index (κ3) is 1.09. The van der Waals surface area contributed by atoms with Gasteiger partial charge in [0, 0.05) is 0 Å². The highest BCUT2D eigenvalue weighted by atomic mass is 16.7. The van der Waals surface area contributed by atoms with Crippen LogP contribution in [-0.4, -0.2) is 25.1 Å². The summed E-state index contributed by atoms with van der Waals surface area (Å²) in [6.07, 6.45) is 3.79. The number of ether oxygens (including phenoxy) is 3. The van der Waals surface area contributed by atoms with E-state index in [0.29, 0.717) is 18.4 Å². The van der Waals surface area contributed by atoms with E-state index in [1.807, 2.05) is 0 Å². The molecule has 100 valence electrons. The quantitative estimate of drug-likeness (QED) is 0.716. The Balaban J connectivity index is 1.87. The van der Waals surface area contributed by atoms with Crippen LogP contribution in [0.25, 0.3) is 0 Å². The predicted octanol–water partition coefficient (Wildman–Crippen LogP) is 2.86. The van der Waals surface area contributed by atoms with E-state index in [1.54, 1.807) is 0 Å². The average Bonchev–Trinajstić information content (AvgIpc) is 2.94. The Morgan fingerprint density at radius 2 is 2.17 bits per heavy atom. The SMILES string of the molecule is CCC1=C2O[C@@H]3CO[C@]4(C)OC[C@@]2(CC[C@@H]1C)[C@H]34. The summed E-state index contributed by atoms with van der Waals surface area (Å²) in [6, 6.07) is 0. The van der Waals surface area contributed by atoms with Gasteiger partial charge in [-0.05, 0) is 37.7 Å². The van der Waals surface area contributed by atoms with Gasteiger partial charge in [-0.1, -0.05) is 13.8 Å². The van der Waals surface area contributed by atoms with Crippen molar-refractivity contribution in [2.24, 2.45) is 17.3 Å². The van der Waals surface area contributed by atoms with Gasteiger partial charge in [0.2, 0.25) is 0 Å². The average molecular weight is 250 g/mol. The fourth-order valence-corrected chi connectivity index (χ4v) is 4.82. The summed E-state index contributed by atoms with van der Waals surface area (Å²) in [4.78, 5) is 0. The van der Waals surface area contributed by atoms with Crippen LogP contribution < -0.4 is 0 Å². The first-order valence-electron chi connectivity index (χ1n) is 7.29. The summed E-state index contributed by atoms with van der Waals surface area (Å²) >= 11 is 0. The molecule has 0 amide bonds. The lowest BCUT2D eigenvalue weighted by Gasteiger charge is -2.36. The zero-order valence-electron chi connectivity index (χ0n) is 11.5. The molecule has 3 fully saturated rings. The van der Waals surface area contributed by atoms with Gasteiger partial charge in [-0.25, -0.2) is 0 Å². The summed E-state index contributed by atoms with van der Waals surface area (Å²) in [5.74, 6) is 1.97. The Bertz CT molecular complexity index is 429. The molecule has 0 unspecified atom stereocenters. The molecular formula is C15H22O3. The Hall–Kier alpha value is -0.540. The second-order valence-corrected chi connectivity index (χ2v) is 6.55. The summed E-state index contributed by atoms with van der Waals surface area (Å²) in [6.45, 7) is 8.17. The minimum Gasteiger partial charge on any atom is -0.491 e. The summed E-state index contributed by atoms with van der Waals surface area (Å²) in [5, 5.41) is 0. The van der Waals surface area contributed by atoms with Gasteiger partial charge in [0.25, 0.3) is 0 Å². The molecule has 0 radical (unpaired) electrons. The van der Waals surface area contributed by atoms with Crippen LogP contribution >= 0.6 is 0 Å². The number of hydrogen-bond acceptors (Lipinski definition) is 3. The first-order chi connectivity index (χ1) is 8.61. The number of rotatable bonds is 1. The number of allylic oxidation sites excluding steroid dienone is 1. The molecule has 18 heavy (non-hydrogen) atoms. The van der Waals surface area contributed by atoms with E-state index in [0.717, 1.165) is 13.0 Å². The van der Waals surface area contributed by atoms with Gasteiger partial charge < -0.3 is 14.2 Å². The zero-order chi connectivity index (χ0) is 12.5. The van der Waals surface area contributed by atoms with Gasteiger partial charge in [0.15, 0.2) is 5.79 Å². The second kappa shape index (κ2) is 3.31. The van der Waals surface area contributed by atoms with Crippen LogP contribution in [0.15, 0.2) is 11.3 Å². The molecule has 5 atom stereocenters. The maximum atomic E-state index is 6.33. The van der Waals surface area contributed by atoms with Crippen molar-refractivity contribution in [2.75, 3.05) is 13.2 Å². The Labute approximate surface area is 108 Å². The summed E-state index contributed by atoms with van der Waals surface area (Å²) in [5.41, 5.74) is 1.66. The van der Waals surface area contributed by atoms with Gasteiger partial charge >= 0.3 is 0 Å². The molecule has 3 aliphatic heterocycles. The van der Waals surface area contributed by atoms with Crippen LogP contribution in [0.3, 0.4) is 0 Å². The smallest absolute Gasteiger partial charge is 0.173 e. The fourth-order valence-electron chi connectivity index (χ4n) is 4.82. The van der Waals surface area contributed by atoms with Crippen LogP contribution in [-0.2, 0) is 14.2 Å². The zero-order valence-corrected chi connectivity index (χ0v) is 11.5. The maximum Gasteiger partial charge on any atom is 0.173 e. The Morgan fingerprint density at radius 3 is 2.94 bits per heavy atom. The molecule has 0 saturated carbocycles. The monoisotopic (exact) mass is 250 g/mol. The molecule has 3 heterocycles. The Morgan fingerprint density at radius 1 is 1.33 bits per heavy atom. The van der Waals surface area contributed by atoms with Crippen molar-refractivity contribution in [3.05, 3.63) is 11.3 Å². The molecule has 0 bridgehead atoms. The first-order valence-corrected chi connectivity index (χ1v) is 7.29. The summed E-state index contributed by atoms with van der Waals surface area (Å²) in [7, 11) is 0. The molecule has 3 saturated heterocycles. The van der Waals surface area contributed by atoms with Crippen LogP contribution in [0.1, 0.15) is 40.0 Å². The van der Waals surface area contributed by atoms with Crippen molar-refractivity contribution < 1.29 is 14.2 Å². The number of hydrogen-bond donors (Lipinski definition) is 0. The first kappa shape index (κ1) is 11.3. The molecule has 3 nitrogen and oxygen atoms in total. The van der Waals surface area contributed by atoms with Crippen molar-refractivity contribution in [3.63, 3.8) is 0 Å². The molecule has 3 heteroatoms. The van der Waals surface area contributed by atoms with Crippen LogP contribution in [0, 0.1) is 17.3 Å². The van der Waals surface area contributed by atoms with Crippen LogP contribution in [0.5, 0.6) is 0 Å². The minimum absolute atomic E-state index is 0.133. The topological polar surface area (TPSA) is 27.7 Å². The third-order valence-electron chi connectivity index (χ3n) is 5.69. The molecular weight excluding hydrogens is 228 g/mol. The van der Waals surface area contributed by atoms with Crippen LogP contribution in [0.4, 0.5) is 0 Å². The molecule has 4 rings (SSSR count). The largest absolute Gasteiger partial charge is 0.491 e. The molecule has 0 N–H and O–H groups in total.